The van der Waals surface area contributed by atoms with E-state index in [1.165, 1.54) is 6.42 Å². The van der Waals surface area contributed by atoms with E-state index in [1.807, 2.05) is 0 Å². The number of fused-ring (bicyclic) bond motifs is 1. The highest BCUT2D eigenvalue weighted by molar-refractivity contribution is 5.67. The Morgan fingerprint density at radius 3 is 2.67 bits per heavy atom. The van der Waals surface area contributed by atoms with Crippen molar-refractivity contribution in [2.75, 3.05) is 13.2 Å². The third kappa shape index (κ3) is 3.77. The van der Waals surface area contributed by atoms with Crippen molar-refractivity contribution in [2.45, 2.75) is 44.5 Å². The average molecular weight is 218 g/mol. The van der Waals surface area contributed by atoms with E-state index in [1.54, 1.807) is 0 Å². The van der Waals surface area contributed by atoms with Crippen LogP contribution < -0.4 is 0 Å². The molecular formula is C10H18O5. The van der Waals surface area contributed by atoms with Gasteiger partial charge in [0.1, 0.15) is 12.7 Å². The summed E-state index contributed by atoms with van der Waals surface area (Å²) in [7, 11) is 0. The molecule has 15 heavy (non-hydrogen) atoms. The Morgan fingerprint density at radius 1 is 1.53 bits per heavy atom. The number of hydrogen-bond acceptors (Lipinski definition) is 4. The molecule has 5 heteroatoms. The molecular weight excluding hydrogens is 200 g/mol. The maximum atomic E-state index is 9.12. The Kier molecular flexibility index (Phi) is 4.07. The molecule has 0 spiro atoms. The second-order valence-electron chi connectivity index (χ2n) is 4.24. The number of hydrogen-bond donors (Lipinski definition) is 2. The van der Waals surface area contributed by atoms with Gasteiger partial charge < -0.3 is 19.7 Å². The van der Waals surface area contributed by atoms with Crippen molar-refractivity contribution in [1.29, 1.82) is 0 Å². The molecule has 0 aromatic rings. The van der Waals surface area contributed by atoms with Crippen molar-refractivity contribution < 1.29 is 24.5 Å². The van der Waals surface area contributed by atoms with Crippen LogP contribution in [-0.2, 0) is 14.3 Å². The molecule has 0 aromatic carbocycles. The van der Waals surface area contributed by atoms with Gasteiger partial charge in [-0.1, -0.05) is 0 Å². The SMILES string of the molecule is CC1(C)OCCCC2OC21.O=C(O)CO. The van der Waals surface area contributed by atoms with E-state index in [-0.39, 0.29) is 5.60 Å². The highest BCUT2D eigenvalue weighted by atomic mass is 16.6. The lowest BCUT2D eigenvalue weighted by molar-refractivity contribution is -0.140. The van der Waals surface area contributed by atoms with Crippen LogP contribution >= 0.6 is 0 Å². The zero-order valence-electron chi connectivity index (χ0n) is 9.10. The standard InChI is InChI=1S/C8H14O2.C2H4O3/c1-8(2)7-6(10-7)4-3-5-9-8;3-1-2(4)5/h6-7H,3-5H2,1-2H3;3H,1H2,(H,4,5). The smallest absolute Gasteiger partial charge is 0.329 e. The molecule has 2 atom stereocenters. The Bertz CT molecular complexity index is 226. The van der Waals surface area contributed by atoms with E-state index in [0.29, 0.717) is 12.2 Å². The van der Waals surface area contributed by atoms with Crippen molar-refractivity contribution in [3.63, 3.8) is 0 Å². The van der Waals surface area contributed by atoms with Crippen LogP contribution in [0.4, 0.5) is 0 Å². The molecule has 2 aliphatic heterocycles. The van der Waals surface area contributed by atoms with Gasteiger partial charge in [-0.05, 0) is 26.7 Å². The van der Waals surface area contributed by atoms with Gasteiger partial charge in [0.25, 0.3) is 0 Å². The van der Waals surface area contributed by atoms with E-state index in [9.17, 15) is 0 Å². The molecule has 2 saturated heterocycles. The van der Waals surface area contributed by atoms with Crippen LogP contribution in [0, 0.1) is 0 Å². The molecule has 0 aliphatic carbocycles. The van der Waals surface area contributed by atoms with Gasteiger partial charge in [-0.15, -0.1) is 0 Å². The molecule has 5 nitrogen and oxygen atoms in total. The Balaban J connectivity index is 0.000000195. The Hall–Kier alpha value is -0.650. The topological polar surface area (TPSA) is 79.3 Å². The van der Waals surface area contributed by atoms with E-state index in [4.69, 9.17) is 24.5 Å². The lowest BCUT2D eigenvalue weighted by atomic mass is 10.0. The summed E-state index contributed by atoms with van der Waals surface area (Å²) in [4.78, 5) is 9.12. The molecule has 0 bridgehead atoms. The van der Waals surface area contributed by atoms with Gasteiger partial charge in [-0.2, -0.15) is 0 Å². The van der Waals surface area contributed by atoms with Gasteiger partial charge in [-0.3, -0.25) is 0 Å². The van der Waals surface area contributed by atoms with Crippen molar-refractivity contribution in [2.24, 2.45) is 0 Å². The molecule has 2 fully saturated rings. The summed E-state index contributed by atoms with van der Waals surface area (Å²) >= 11 is 0. The molecule has 2 N–H and O–H groups in total. The number of aliphatic hydroxyl groups excluding tert-OH is 1. The summed E-state index contributed by atoms with van der Waals surface area (Å²) in [6.45, 7) is 4.36. The number of aliphatic hydroxyl groups is 1. The summed E-state index contributed by atoms with van der Waals surface area (Å²) in [5.41, 5.74) is -0.0266. The quantitative estimate of drug-likeness (QED) is 0.623. The molecule has 2 unspecified atom stereocenters. The third-order valence-electron chi connectivity index (χ3n) is 2.51. The maximum Gasteiger partial charge on any atom is 0.329 e. The first kappa shape index (κ1) is 12.4. The number of carboxylic acids is 1. The lowest BCUT2D eigenvalue weighted by Crippen LogP contribution is -2.31. The van der Waals surface area contributed by atoms with Crippen LogP contribution in [-0.4, -0.2) is 47.2 Å². The molecule has 0 aromatic heterocycles. The largest absolute Gasteiger partial charge is 0.480 e. The second kappa shape index (κ2) is 4.92. The highest BCUT2D eigenvalue weighted by Crippen LogP contribution is 2.39. The number of carbonyl (C=O) groups is 1. The normalized spacial score (nSPS) is 31.7. The predicted molar refractivity (Wildman–Crippen MR) is 52.6 cm³/mol. The highest BCUT2D eigenvalue weighted by Gasteiger charge is 2.51. The molecule has 2 heterocycles. The number of ether oxygens (including phenoxy) is 2. The molecule has 88 valence electrons. The van der Waals surface area contributed by atoms with Crippen LogP contribution in [0.15, 0.2) is 0 Å². The average Bonchev–Trinajstić information content (AvgIpc) is 2.92. The van der Waals surface area contributed by atoms with Gasteiger partial charge >= 0.3 is 5.97 Å². The van der Waals surface area contributed by atoms with E-state index in [2.05, 4.69) is 13.8 Å². The molecule has 2 rings (SSSR count). The fourth-order valence-electron chi connectivity index (χ4n) is 1.68. The maximum absolute atomic E-state index is 9.12. The summed E-state index contributed by atoms with van der Waals surface area (Å²) in [5.74, 6) is -1.19. The Labute approximate surface area is 89.0 Å². The first-order valence-corrected chi connectivity index (χ1v) is 5.09. The summed E-state index contributed by atoms with van der Waals surface area (Å²) in [6, 6.07) is 0. The van der Waals surface area contributed by atoms with Crippen LogP contribution in [0.25, 0.3) is 0 Å². The first-order valence-electron chi connectivity index (χ1n) is 5.09. The summed E-state index contributed by atoms with van der Waals surface area (Å²) in [5, 5.41) is 15.0. The predicted octanol–water partition coefficient (Wildman–Crippen LogP) is 0.406. The molecule has 0 amide bonds. The third-order valence-corrected chi connectivity index (χ3v) is 2.51. The van der Waals surface area contributed by atoms with Crippen LogP contribution in [0.3, 0.4) is 0 Å². The van der Waals surface area contributed by atoms with Gasteiger partial charge in [0, 0.05) is 6.61 Å². The molecule has 2 aliphatic rings. The minimum Gasteiger partial charge on any atom is -0.480 e. The van der Waals surface area contributed by atoms with Gasteiger partial charge in [-0.25, -0.2) is 4.79 Å². The van der Waals surface area contributed by atoms with Gasteiger partial charge in [0.15, 0.2) is 0 Å². The van der Waals surface area contributed by atoms with E-state index < -0.39 is 12.6 Å². The van der Waals surface area contributed by atoms with Gasteiger partial charge in [0.2, 0.25) is 0 Å². The number of carboxylic acid groups (broad SMARTS) is 1. The van der Waals surface area contributed by atoms with Crippen molar-refractivity contribution in [1.82, 2.24) is 0 Å². The van der Waals surface area contributed by atoms with Gasteiger partial charge in [0.05, 0.1) is 11.7 Å². The fourth-order valence-corrected chi connectivity index (χ4v) is 1.68. The Morgan fingerprint density at radius 2 is 2.13 bits per heavy atom. The minimum atomic E-state index is -1.19. The summed E-state index contributed by atoms with van der Waals surface area (Å²) in [6.07, 6.45) is 3.24. The fraction of sp³-hybridized carbons (Fsp3) is 0.900. The minimum absolute atomic E-state index is 0.0266. The van der Waals surface area contributed by atoms with Crippen LogP contribution in [0.5, 0.6) is 0 Å². The van der Waals surface area contributed by atoms with Crippen molar-refractivity contribution in [3.8, 4) is 0 Å². The lowest BCUT2D eigenvalue weighted by Gasteiger charge is -2.21. The first-order chi connectivity index (χ1) is 6.97. The second-order valence-corrected chi connectivity index (χ2v) is 4.24. The number of aliphatic carboxylic acids is 1. The van der Waals surface area contributed by atoms with E-state index in [0.717, 1.165) is 13.0 Å². The number of rotatable bonds is 1. The van der Waals surface area contributed by atoms with Crippen LogP contribution in [0.2, 0.25) is 0 Å². The summed E-state index contributed by atoms with van der Waals surface area (Å²) < 4.78 is 11.1. The zero-order valence-corrected chi connectivity index (χ0v) is 9.10. The van der Waals surface area contributed by atoms with E-state index >= 15 is 0 Å². The molecule has 0 saturated carbocycles. The monoisotopic (exact) mass is 218 g/mol. The zero-order chi connectivity index (χ0) is 11.5. The van der Waals surface area contributed by atoms with Crippen molar-refractivity contribution in [3.05, 3.63) is 0 Å². The van der Waals surface area contributed by atoms with Crippen LogP contribution in [0.1, 0.15) is 26.7 Å². The molecule has 0 radical (unpaired) electrons. The number of epoxide rings is 1. The van der Waals surface area contributed by atoms with Crippen molar-refractivity contribution >= 4 is 5.97 Å².